The van der Waals surface area contributed by atoms with Crippen LogP contribution >= 0.6 is 0 Å². The Morgan fingerprint density at radius 1 is 1.00 bits per heavy atom. The van der Waals surface area contributed by atoms with Crippen molar-refractivity contribution in [2.45, 2.75) is 19.5 Å². The van der Waals surface area contributed by atoms with Gasteiger partial charge in [0.25, 0.3) is 0 Å². The molecule has 4 nitrogen and oxygen atoms in total. The molecule has 0 spiro atoms. The predicted molar refractivity (Wildman–Crippen MR) is 89.7 cm³/mol. The van der Waals surface area contributed by atoms with E-state index in [1.54, 1.807) is 12.1 Å². The molecule has 0 saturated carbocycles. The Morgan fingerprint density at radius 2 is 1.74 bits per heavy atom. The van der Waals surface area contributed by atoms with E-state index >= 15 is 0 Å². The van der Waals surface area contributed by atoms with Crippen LogP contribution in [0.5, 0.6) is 0 Å². The fourth-order valence-corrected chi connectivity index (χ4v) is 3.38. The first-order valence-electron chi connectivity index (χ1n) is 7.85. The van der Waals surface area contributed by atoms with Gasteiger partial charge in [0.05, 0.1) is 11.2 Å². The molecule has 2 aromatic carbocycles. The molecular formula is C19H18N2O2. The summed E-state index contributed by atoms with van der Waals surface area (Å²) in [5.74, 6) is 0. The Bertz CT molecular complexity index is 916. The molecule has 1 aliphatic rings. The van der Waals surface area contributed by atoms with Gasteiger partial charge in [-0.05, 0) is 17.7 Å². The van der Waals surface area contributed by atoms with Crippen LogP contribution in [-0.2, 0) is 19.5 Å². The van der Waals surface area contributed by atoms with Crippen LogP contribution < -0.4 is 5.43 Å². The van der Waals surface area contributed by atoms with Crippen molar-refractivity contribution in [2.24, 2.45) is 0 Å². The summed E-state index contributed by atoms with van der Waals surface area (Å²) in [5.41, 5.74) is 3.33. The lowest BCUT2D eigenvalue weighted by Gasteiger charge is -2.29. The normalized spacial score (nSPS) is 14.8. The average Bonchev–Trinajstić information content (AvgIpc) is 2.60. The molecule has 1 aromatic heterocycles. The van der Waals surface area contributed by atoms with Crippen molar-refractivity contribution in [3.63, 3.8) is 0 Å². The fourth-order valence-electron chi connectivity index (χ4n) is 3.38. The van der Waals surface area contributed by atoms with Crippen molar-refractivity contribution in [1.29, 1.82) is 0 Å². The first kappa shape index (κ1) is 14.0. The summed E-state index contributed by atoms with van der Waals surface area (Å²) in [6, 6.07) is 17.5. The highest BCUT2D eigenvalue weighted by Gasteiger charge is 2.23. The minimum atomic E-state index is 0.0404. The number of aromatic nitrogens is 1. The lowest BCUT2D eigenvalue weighted by atomic mass is 10.0. The van der Waals surface area contributed by atoms with E-state index in [9.17, 15) is 10.0 Å². The molecule has 2 heterocycles. The topological polar surface area (TPSA) is 45.5 Å². The minimum Gasteiger partial charge on any atom is -0.428 e. The summed E-state index contributed by atoms with van der Waals surface area (Å²) in [7, 11) is 0. The van der Waals surface area contributed by atoms with Gasteiger partial charge in [-0.2, -0.15) is 4.73 Å². The molecule has 3 aromatic rings. The SMILES string of the molecule is O=c1c2c(n(O)c3ccccc13)CCN(Cc1ccccc1)C2. The lowest BCUT2D eigenvalue weighted by Crippen LogP contribution is -2.36. The van der Waals surface area contributed by atoms with Crippen molar-refractivity contribution in [3.05, 3.63) is 81.6 Å². The second kappa shape index (κ2) is 5.56. The van der Waals surface area contributed by atoms with Crippen LogP contribution in [0.15, 0.2) is 59.4 Å². The first-order valence-corrected chi connectivity index (χ1v) is 7.85. The molecule has 23 heavy (non-hydrogen) atoms. The monoisotopic (exact) mass is 306 g/mol. The molecule has 0 fully saturated rings. The molecule has 1 N–H and O–H groups in total. The molecule has 4 heteroatoms. The van der Waals surface area contributed by atoms with E-state index in [2.05, 4.69) is 17.0 Å². The van der Waals surface area contributed by atoms with E-state index in [1.165, 1.54) is 10.3 Å². The molecule has 4 rings (SSSR count). The zero-order chi connectivity index (χ0) is 15.8. The van der Waals surface area contributed by atoms with Gasteiger partial charge in [0, 0.05) is 37.0 Å². The molecule has 116 valence electrons. The zero-order valence-corrected chi connectivity index (χ0v) is 12.8. The molecule has 0 saturated heterocycles. The van der Waals surface area contributed by atoms with Crippen LogP contribution in [-0.4, -0.2) is 21.4 Å². The largest absolute Gasteiger partial charge is 0.428 e. The Morgan fingerprint density at radius 3 is 2.57 bits per heavy atom. The summed E-state index contributed by atoms with van der Waals surface area (Å²) in [5, 5.41) is 11.0. The van der Waals surface area contributed by atoms with Gasteiger partial charge in [0.15, 0.2) is 5.43 Å². The Kier molecular flexibility index (Phi) is 3.39. The number of pyridine rings is 1. The summed E-state index contributed by atoms with van der Waals surface area (Å²) >= 11 is 0. The number of rotatable bonds is 2. The maximum absolute atomic E-state index is 12.8. The van der Waals surface area contributed by atoms with Crippen LogP contribution in [0.4, 0.5) is 0 Å². The zero-order valence-electron chi connectivity index (χ0n) is 12.8. The van der Waals surface area contributed by atoms with E-state index in [1.807, 2.05) is 30.3 Å². The van der Waals surface area contributed by atoms with Crippen molar-refractivity contribution in [2.75, 3.05) is 6.54 Å². The number of hydrogen-bond donors (Lipinski definition) is 1. The molecule has 1 aliphatic heterocycles. The summed E-state index contributed by atoms with van der Waals surface area (Å²) in [4.78, 5) is 15.0. The summed E-state index contributed by atoms with van der Waals surface area (Å²) < 4.78 is 1.20. The highest BCUT2D eigenvalue weighted by atomic mass is 16.5. The van der Waals surface area contributed by atoms with Crippen LogP contribution in [0.25, 0.3) is 10.9 Å². The summed E-state index contributed by atoms with van der Waals surface area (Å²) in [6.45, 7) is 2.23. The molecule has 0 amide bonds. The number of fused-ring (bicyclic) bond motifs is 2. The standard InChI is InChI=1S/C19H18N2O2/c22-19-15-8-4-5-9-17(15)21(23)18-10-11-20(13-16(18)19)12-14-6-2-1-3-7-14/h1-9,23H,10-13H2. The van der Waals surface area contributed by atoms with Gasteiger partial charge in [-0.3, -0.25) is 9.69 Å². The molecule has 0 unspecified atom stereocenters. The number of para-hydroxylation sites is 1. The molecule has 0 bridgehead atoms. The maximum Gasteiger partial charge on any atom is 0.194 e. The smallest absolute Gasteiger partial charge is 0.194 e. The van der Waals surface area contributed by atoms with Crippen LogP contribution in [0.2, 0.25) is 0 Å². The predicted octanol–water partition coefficient (Wildman–Crippen LogP) is 2.80. The Labute approximate surface area is 134 Å². The highest BCUT2D eigenvalue weighted by molar-refractivity contribution is 5.79. The van der Waals surface area contributed by atoms with E-state index in [4.69, 9.17) is 0 Å². The fraction of sp³-hybridized carbons (Fsp3) is 0.211. The molecule has 0 aliphatic carbocycles. The number of benzene rings is 2. The van der Waals surface area contributed by atoms with Gasteiger partial charge >= 0.3 is 0 Å². The third-order valence-corrected chi connectivity index (χ3v) is 4.55. The highest BCUT2D eigenvalue weighted by Crippen LogP contribution is 2.21. The van der Waals surface area contributed by atoms with Crippen molar-refractivity contribution in [1.82, 2.24) is 9.63 Å². The van der Waals surface area contributed by atoms with Crippen LogP contribution in [0.1, 0.15) is 16.8 Å². The van der Waals surface area contributed by atoms with Gasteiger partial charge in [-0.25, -0.2) is 0 Å². The average molecular weight is 306 g/mol. The van der Waals surface area contributed by atoms with Crippen LogP contribution in [0.3, 0.4) is 0 Å². The first-order chi connectivity index (χ1) is 11.2. The van der Waals surface area contributed by atoms with Gasteiger partial charge in [0.1, 0.15) is 0 Å². The van der Waals surface area contributed by atoms with Gasteiger partial charge in [0.2, 0.25) is 0 Å². The number of nitrogens with zero attached hydrogens (tertiary/aromatic N) is 2. The third-order valence-electron chi connectivity index (χ3n) is 4.55. The quantitative estimate of drug-likeness (QED) is 0.741. The molecule has 0 radical (unpaired) electrons. The molecule has 0 atom stereocenters. The Hall–Kier alpha value is -2.59. The molecular weight excluding hydrogens is 288 g/mol. The second-order valence-corrected chi connectivity index (χ2v) is 6.03. The number of hydrogen-bond acceptors (Lipinski definition) is 3. The second-order valence-electron chi connectivity index (χ2n) is 6.03. The van der Waals surface area contributed by atoms with E-state index in [-0.39, 0.29) is 5.43 Å². The lowest BCUT2D eigenvalue weighted by molar-refractivity contribution is 0.168. The van der Waals surface area contributed by atoms with E-state index < -0.39 is 0 Å². The van der Waals surface area contributed by atoms with Gasteiger partial charge in [-0.15, -0.1) is 0 Å². The van der Waals surface area contributed by atoms with E-state index in [0.29, 0.717) is 29.4 Å². The van der Waals surface area contributed by atoms with Crippen molar-refractivity contribution >= 4 is 10.9 Å². The van der Waals surface area contributed by atoms with E-state index in [0.717, 1.165) is 18.8 Å². The maximum atomic E-state index is 12.8. The Balaban J connectivity index is 1.73. The van der Waals surface area contributed by atoms with Crippen LogP contribution in [0, 0.1) is 0 Å². The van der Waals surface area contributed by atoms with Crippen molar-refractivity contribution in [3.8, 4) is 0 Å². The van der Waals surface area contributed by atoms with Gasteiger partial charge < -0.3 is 5.21 Å². The minimum absolute atomic E-state index is 0.0404. The van der Waals surface area contributed by atoms with Gasteiger partial charge in [-0.1, -0.05) is 42.5 Å². The summed E-state index contributed by atoms with van der Waals surface area (Å²) in [6.07, 6.45) is 0.679. The van der Waals surface area contributed by atoms with Crippen molar-refractivity contribution < 1.29 is 5.21 Å². The third kappa shape index (κ3) is 2.41.